The highest BCUT2D eigenvalue weighted by Gasteiger charge is 2.08. The maximum Gasteiger partial charge on any atom is 0.142 e. The Hall–Kier alpha value is 0.320. The molecule has 1 aromatic carbocycles. The average Bonchev–Trinajstić information content (AvgIpc) is 2.46. The van der Waals surface area contributed by atoms with E-state index in [0.717, 1.165) is 19.2 Å². The van der Waals surface area contributed by atoms with Gasteiger partial charge in [-0.15, -0.1) is 11.3 Å². The molecule has 0 saturated carbocycles. The summed E-state index contributed by atoms with van der Waals surface area (Å²) in [6, 6.07) is 4.02. The van der Waals surface area contributed by atoms with Gasteiger partial charge in [0.15, 0.2) is 0 Å². The van der Waals surface area contributed by atoms with Crippen molar-refractivity contribution in [2.24, 2.45) is 0 Å². The van der Waals surface area contributed by atoms with Crippen molar-refractivity contribution in [3.05, 3.63) is 32.5 Å². The molecule has 0 nitrogen and oxygen atoms in total. The summed E-state index contributed by atoms with van der Waals surface area (Å²) >= 11 is 7.07. The lowest BCUT2D eigenvalue weighted by Crippen LogP contribution is -1.82. The molecule has 13 heavy (non-hydrogen) atoms. The average molecular weight is 371 g/mol. The van der Waals surface area contributed by atoms with Crippen LogP contribution < -0.4 is 0 Å². The second-order valence-corrected chi connectivity index (χ2v) is 5.37. The molecule has 0 aliphatic rings. The van der Waals surface area contributed by atoms with E-state index in [4.69, 9.17) is 0 Å². The Balaban J connectivity index is 2.85. The van der Waals surface area contributed by atoms with E-state index in [-0.39, 0.29) is 5.82 Å². The Labute approximate surface area is 101 Å². The van der Waals surface area contributed by atoms with E-state index < -0.39 is 0 Å². The van der Waals surface area contributed by atoms with Crippen LogP contribution in [0.5, 0.6) is 0 Å². The van der Waals surface area contributed by atoms with Crippen molar-refractivity contribution in [2.75, 3.05) is 0 Å². The number of thiophene rings is 1. The molecule has 0 radical (unpaired) electrons. The van der Waals surface area contributed by atoms with Crippen molar-refractivity contribution < 1.29 is 4.39 Å². The van der Waals surface area contributed by atoms with Gasteiger partial charge in [-0.05, 0) is 40.3 Å². The Morgan fingerprint density at radius 1 is 1.46 bits per heavy atom. The summed E-state index contributed by atoms with van der Waals surface area (Å²) in [5.74, 6) is -0.106. The quantitative estimate of drug-likeness (QED) is 0.510. The van der Waals surface area contributed by atoms with Crippen LogP contribution >= 0.6 is 49.9 Å². The highest BCUT2D eigenvalue weighted by atomic mass is 127. The predicted molar refractivity (Wildman–Crippen MR) is 67.1 cm³/mol. The van der Waals surface area contributed by atoms with Crippen LogP contribution in [0.1, 0.15) is 5.56 Å². The Morgan fingerprint density at radius 3 is 2.92 bits per heavy atom. The number of hydrogen-bond donors (Lipinski definition) is 0. The van der Waals surface area contributed by atoms with Gasteiger partial charge in [-0.2, -0.15) is 0 Å². The Bertz CT molecular complexity index is 452. The van der Waals surface area contributed by atoms with Gasteiger partial charge in [0.2, 0.25) is 0 Å². The summed E-state index contributed by atoms with van der Waals surface area (Å²) in [5, 5.41) is 3.03. The van der Waals surface area contributed by atoms with Crippen LogP contribution in [0.4, 0.5) is 4.39 Å². The predicted octanol–water partition coefficient (Wildman–Crippen LogP) is 4.54. The zero-order valence-electron chi connectivity index (χ0n) is 6.48. The summed E-state index contributed by atoms with van der Waals surface area (Å²) in [6.45, 7) is 0. The van der Waals surface area contributed by atoms with Gasteiger partial charge in [0.1, 0.15) is 5.82 Å². The molecule has 0 N–H and O–H groups in total. The van der Waals surface area contributed by atoms with Crippen LogP contribution in [0.3, 0.4) is 0 Å². The summed E-state index contributed by atoms with van der Waals surface area (Å²) in [5.41, 5.74) is 1.03. The summed E-state index contributed by atoms with van der Waals surface area (Å²) in [4.78, 5) is 0. The van der Waals surface area contributed by atoms with E-state index in [2.05, 4.69) is 38.5 Å². The van der Waals surface area contributed by atoms with Crippen molar-refractivity contribution >= 4 is 59.9 Å². The standard InChI is InChI=1S/C9H5BrFIS/c10-3-5-1-6(12)2-8-9(5)7(11)4-13-8/h1-2,4H,3H2. The number of rotatable bonds is 1. The molecule has 0 aliphatic heterocycles. The smallest absolute Gasteiger partial charge is 0.142 e. The fourth-order valence-electron chi connectivity index (χ4n) is 1.28. The highest BCUT2D eigenvalue weighted by Crippen LogP contribution is 2.31. The maximum atomic E-state index is 13.3. The lowest BCUT2D eigenvalue weighted by molar-refractivity contribution is 0.643. The van der Waals surface area contributed by atoms with E-state index in [1.165, 1.54) is 11.3 Å². The first kappa shape index (κ1) is 9.86. The van der Waals surface area contributed by atoms with Gasteiger partial charge in [-0.1, -0.05) is 15.9 Å². The molecule has 4 heteroatoms. The van der Waals surface area contributed by atoms with Gasteiger partial charge in [0.05, 0.1) is 0 Å². The molecule has 0 aliphatic carbocycles. The van der Waals surface area contributed by atoms with E-state index in [1.54, 1.807) is 5.38 Å². The van der Waals surface area contributed by atoms with Gasteiger partial charge in [-0.25, -0.2) is 4.39 Å². The van der Waals surface area contributed by atoms with Gasteiger partial charge in [-0.3, -0.25) is 0 Å². The summed E-state index contributed by atoms with van der Waals surface area (Å²) in [7, 11) is 0. The third-order valence-electron chi connectivity index (χ3n) is 1.82. The normalized spacial score (nSPS) is 11.0. The third kappa shape index (κ3) is 1.76. The van der Waals surface area contributed by atoms with E-state index in [1.807, 2.05) is 12.1 Å². The van der Waals surface area contributed by atoms with Crippen molar-refractivity contribution in [2.45, 2.75) is 5.33 Å². The molecule has 2 rings (SSSR count). The zero-order valence-corrected chi connectivity index (χ0v) is 11.0. The van der Waals surface area contributed by atoms with Crippen molar-refractivity contribution in [3.63, 3.8) is 0 Å². The van der Waals surface area contributed by atoms with Crippen LogP contribution in [0, 0.1) is 9.39 Å². The molecule has 0 spiro atoms. The first-order valence-corrected chi connectivity index (χ1v) is 6.71. The summed E-state index contributed by atoms with van der Waals surface area (Å²) < 4.78 is 15.5. The first-order valence-electron chi connectivity index (χ1n) is 3.63. The fourth-order valence-corrected chi connectivity index (χ4v) is 3.51. The Morgan fingerprint density at radius 2 is 2.23 bits per heavy atom. The van der Waals surface area contributed by atoms with E-state index in [0.29, 0.717) is 5.33 Å². The molecule has 0 amide bonds. The molecule has 0 atom stereocenters. The van der Waals surface area contributed by atoms with Gasteiger partial charge in [0, 0.05) is 24.4 Å². The van der Waals surface area contributed by atoms with Crippen molar-refractivity contribution in [3.8, 4) is 0 Å². The highest BCUT2D eigenvalue weighted by molar-refractivity contribution is 14.1. The molecule has 0 bridgehead atoms. The minimum Gasteiger partial charge on any atom is -0.205 e. The largest absolute Gasteiger partial charge is 0.205 e. The van der Waals surface area contributed by atoms with Gasteiger partial charge < -0.3 is 0 Å². The van der Waals surface area contributed by atoms with Crippen molar-refractivity contribution in [1.82, 2.24) is 0 Å². The minimum absolute atomic E-state index is 0.106. The van der Waals surface area contributed by atoms with Crippen LogP contribution in [-0.2, 0) is 5.33 Å². The molecular weight excluding hydrogens is 366 g/mol. The third-order valence-corrected chi connectivity index (χ3v) is 3.95. The fraction of sp³-hybridized carbons (Fsp3) is 0.111. The maximum absolute atomic E-state index is 13.3. The number of hydrogen-bond acceptors (Lipinski definition) is 1. The number of alkyl halides is 1. The lowest BCUT2D eigenvalue weighted by atomic mass is 10.1. The minimum atomic E-state index is -0.106. The van der Waals surface area contributed by atoms with Crippen LogP contribution in [0.25, 0.3) is 10.1 Å². The zero-order chi connectivity index (χ0) is 9.42. The van der Waals surface area contributed by atoms with Gasteiger partial charge >= 0.3 is 0 Å². The molecule has 0 unspecified atom stereocenters. The molecule has 0 saturated heterocycles. The van der Waals surface area contributed by atoms with Crippen LogP contribution in [0.2, 0.25) is 0 Å². The molecule has 2 aromatic rings. The molecule has 1 heterocycles. The number of benzene rings is 1. The molecular formula is C9H5BrFIS. The topological polar surface area (TPSA) is 0 Å². The second-order valence-electron chi connectivity index (χ2n) is 2.66. The second kappa shape index (κ2) is 3.82. The number of fused-ring (bicyclic) bond motifs is 1. The SMILES string of the molecule is Fc1csc2cc(I)cc(CBr)c12. The monoisotopic (exact) mass is 370 g/mol. The Kier molecular flexibility index (Phi) is 2.90. The van der Waals surface area contributed by atoms with Crippen LogP contribution in [0.15, 0.2) is 17.5 Å². The van der Waals surface area contributed by atoms with Crippen molar-refractivity contribution in [1.29, 1.82) is 0 Å². The first-order chi connectivity index (χ1) is 6.22. The molecule has 0 fully saturated rings. The summed E-state index contributed by atoms with van der Waals surface area (Å²) in [6.07, 6.45) is 0. The molecule has 1 aromatic heterocycles. The lowest BCUT2D eigenvalue weighted by Gasteiger charge is -2.00. The number of halogens is 3. The molecule has 68 valence electrons. The van der Waals surface area contributed by atoms with Gasteiger partial charge in [0.25, 0.3) is 0 Å². The van der Waals surface area contributed by atoms with E-state index >= 15 is 0 Å². The van der Waals surface area contributed by atoms with Crippen LogP contribution in [-0.4, -0.2) is 0 Å². The van der Waals surface area contributed by atoms with E-state index in [9.17, 15) is 4.39 Å².